The molecular formula is C25H20N2O6. The van der Waals surface area contributed by atoms with Gasteiger partial charge >= 0.3 is 12.0 Å². The summed E-state index contributed by atoms with van der Waals surface area (Å²) in [4.78, 5) is 50.4. The summed E-state index contributed by atoms with van der Waals surface area (Å²) in [5.41, 5.74) is 2.23. The molecule has 2 aromatic carbocycles. The maximum absolute atomic E-state index is 13.1. The number of hydrogen-bond acceptors (Lipinski definition) is 5. The van der Waals surface area contributed by atoms with Gasteiger partial charge < -0.3 is 9.52 Å². The quantitative estimate of drug-likeness (QED) is 0.450. The third kappa shape index (κ3) is 4.06. The number of urea groups is 1. The predicted molar refractivity (Wildman–Crippen MR) is 121 cm³/mol. The summed E-state index contributed by atoms with van der Waals surface area (Å²) in [5, 5.41) is 11.5. The average Bonchev–Trinajstić information content (AvgIpc) is 3.25. The number of barbiturate groups is 1. The van der Waals surface area contributed by atoms with Crippen molar-refractivity contribution in [2.24, 2.45) is 0 Å². The van der Waals surface area contributed by atoms with Crippen molar-refractivity contribution in [3.05, 3.63) is 82.6 Å². The number of benzene rings is 2. The van der Waals surface area contributed by atoms with Crippen molar-refractivity contribution in [1.29, 1.82) is 0 Å². The molecule has 4 rings (SSSR count). The van der Waals surface area contributed by atoms with Gasteiger partial charge in [0.2, 0.25) is 0 Å². The highest BCUT2D eigenvalue weighted by Crippen LogP contribution is 2.28. The van der Waals surface area contributed by atoms with Crippen LogP contribution in [-0.4, -0.2) is 28.9 Å². The molecule has 3 aromatic rings. The molecule has 33 heavy (non-hydrogen) atoms. The Bertz CT molecular complexity index is 1330. The summed E-state index contributed by atoms with van der Waals surface area (Å²) in [6.07, 6.45) is 1.86. The molecule has 166 valence electrons. The van der Waals surface area contributed by atoms with Gasteiger partial charge in [-0.05, 0) is 54.8 Å². The van der Waals surface area contributed by atoms with Gasteiger partial charge in [-0.25, -0.2) is 14.5 Å². The summed E-state index contributed by atoms with van der Waals surface area (Å²) >= 11 is 0. The molecule has 0 aliphatic carbocycles. The first-order valence-corrected chi connectivity index (χ1v) is 10.2. The maximum Gasteiger partial charge on any atom is 0.335 e. The number of carbonyl (C=O) groups is 4. The Morgan fingerprint density at radius 2 is 1.85 bits per heavy atom. The van der Waals surface area contributed by atoms with E-state index in [2.05, 4.69) is 5.32 Å². The number of carboxylic acids is 1. The molecule has 0 spiro atoms. The van der Waals surface area contributed by atoms with Crippen LogP contribution in [-0.2, 0) is 16.0 Å². The van der Waals surface area contributed by atoms with Crippen LogP contribution in [0.15, 0.2) is 64.6 Å². The molecule has 1 aromatic heterocycles. The molecule has 0 unspecified atom stereocenters. The SMILES string of the molecule is CCc1ccccc1N1C(=O)NC(=O)/C(=C\c2ccc(-c3ccc(C)c(C(=O)O)c3)o2)C1=O. The van der Waals surface area contributed by atoms with Crippen molar-refractivity contribution in [2.45, 2.75) is 20.3 Å². The second-order valence-corrected chi connectivity index (χ2v) is 7.48. The van der Waals surface area contributed by atoms with E-state index in [1.54, 1.807) is 43.3 Å². The molecule has 1 fully saturated rings. The summed E-state index contributed by atoms with van der Waals surface area (Å²) in [7, 11) is 0. The van der Waals surface area contributed by atoms with Gasteiger partial charge in [0, 0.05) is 5.56 Å². The molecule has 1 aliphatic rings. The Labute approximate surface area is 189 Å². The van der Waals surface area contributed by atoms with E-state index < -0.39 is 23.8 Å². The molecule has 1 saturated heterocycles. The summed E-state index contributed by atoms with van der Waals surface area (Å²) in [6.45, 7) is 3.60. The Kier molecular flexibility index (Phi) is 5.66. The van der Waals surface area contributed by atoms with E-state index in [1.165, 1.54) is 12.1 Å². The topological polar surface area (TPSA) is 117 Å². The van der Waals surface area contributed by atoms with E-state index in [-0.39, 0.29) is 16.9 Å². The number of amides is 4. The Balaban J connectivity index is 1.69. The van der Waals surface area contributed by atoms with Crippen LogP contribution in [0, 0.1) is 6.92 Å². The minimum Gasteiger partial charge on any atom is -0.478 e. The molecule has 8 nitrogen and oxygen atoms in total. The van der Waals surface area contributed by atoms with Gasteiger partial charge in [0.05, 0.1) is 11.3 Å². The smallest absolute Gasteiger partial charge is 0.335 e. The second-order valence-electron chi connectivity index (χ2n) is 7.48. The zero-order valence-corrected chi connectivity index (χ0v) is 17.9. The predicted octanol–water partition coefficient (Wildman–Crippen LogP) is 4.18. The summed E-state index contributed by atoms with van der Waals surface area (Å²) < 4.78 is 5.75. The van der Waals surface area contributed by atoms with Crippen LogP contribution < -0.4 is 10.2 Å². The van der Waals surface area contributed by atoms with Gasteiger partial charge in [0.1, 0.15) is 17.1 Å². The van der Waals surface area contributed by atoms with Crippen molar-refractivity contribution in [1.82, 2.24) is 5.32 Å². The lowest BCUT2D eigenvalue weighted by atomic mass is 10.0. The van der Waals surface area contributed by atoms with Gasteiger partial charge in [-0.1, -0.05) is 37.3 Å². The van der Waals surface area contributed by atoms with Crippen LogP contribution in [0.25, 0.3) is 17.4 Å². The molecule has 4 amide bonds. The number of furan rings is 1. The standard InChI is InChI=1S/C25H20N2O6/c1-3-15-6-4-5-7-20(15)27-23(29)19(22(28)26-25(27)32)13-17-10-11-21(33-17)16-9-8-14(2)18(12-16)24(30)31/h4-13H,3H2,1-2H3,(H,30,31)(H,26,28,32)/b19-13+. The highest BCUT2D eigenvalue weighted by molar-refractivity contribution is 6.39. The third-order valence-electron chi connectivity index (χ3n) is 5.38. The Morgan fingerprint density at radius 3 is 2.58 bits per heavy atom. The second kappa shape index (κ2) is 8.58. The normalized spacial score (nSPS) is 15.2. The van der Waals surface area contributed by atoms with Crippen LogP contribution in [0.4, 0.5) is 10.5 Å². The van der Waals surface area contributed by atoms with Crippen molar-refractivity contribution >= 4 is 35.6 Å². The molecule has 2 N–H and O–H groups in total. The highest BCUT2D eigenvalue weighted by Gasteiger charge is 2.37. The van der Waals surface area contributed by atoms with Gasteiger partial charge in [-0.15, -0.1) is 0 Å². The first-order chi connectivity index (χ1) is 15.8. The van der Waals surface area contributed by atoms with E-state index in [0.29, 0.717) is 29.0 Å². The number of aromatic carboxylic acids is 1. The molecular weight excluding hydrogens is 424 g/mol. The van der Waals surface area contributed by atoms with Crippen LogP contribution in [0.1, 0.15) is 34.2 Å². The molecule has 0 bridgehead atoms. The third-order valence-corrected chi connectivity index (χ3v) is 5.38. The monoisotopic (exact) mass is 444 g/mol. The number of carbonyl (C=O) groups excluding carboxylic acids is 3. The fraction of sp³-hybridized carbons (Fsp3) is 0.120. The minimum atomic E-state index is -1.05. The number of nitrogens with one attached hydrogen (secondary N) is 1. The van der Waals surface area contributed by atoms with E-state index in [0.717, 1.165) is 10.5 Å². The van der Waals surface area contributed by atoms with Crippen LogP contribution in [0.5, 0.6) is 0 Å². The number of imide groups is 2. The van der Waals surface area contributed by atoms with Crippen molar-refractivity contribution in [3.63, 3.8) is 0 Å². The molecule has 0 radical (unpaired) electrons. The van der Waals surface area contributed by atoms with Crippen molar-refractivity contribution in [2.75, 3.05) is 4.90 Å². The van der Waals surface area contributed by atoms with E-state index in [4.69, 9.17) is 4.42 Å². The summed E-state index contributed by atoms with van der Waals surface area (Å²) in [5.74, 6) is -2.05. The Hall–Kier alpha value is -4.46. The maximum atomic E-state index is 13.1. The molecule has 8 heteroatoms. The minimum absolute atomic E-state index is 0.148. The van der Waals surface area contributed by atoms with Gasteiger partial charge in [0.25, 0.3) is 11.8 Å². The van der Waals surface area contributed by atoms with E-state index in [1.807, 2.05) is 19.1 Å². The highest BCUT2D eigenvalue weighted by atomic mass is 16.4. The van der Waals surface area contributed by atoms with E-state index >= 15 is 0 Å². The number of nitrogens with zero attached hydrogens (tertiary/aromatic N) is 1. The molecule has 1 aliphatic heterocycles. The first-order valence-electron chi connectivity index (χ1n) is 10.2. The van der Waals surface area contributed by atoms with Crippen LogP contribution >= 0.6 is 0 Å². The number of para-hydroxylation sites is 1. The number of hydrogen-bond donors (Lipinski definition) is 2. The lowest BCUT2D eigenvalue weighted by Crippen LogP contribution is -2.54. The lowest BCUT2D eigenvalue weighted by molar-refractivity contribution is -0.122. The van der Waals surface area contributed by atoms with Gasteiger partial charge in [-0.3, -0.25) is 14.9 Å². The lowest BCUT2D eigenvalue weighted by Gasteiger charge is -2.27. The van der Waals surface area contributed by atoms with Gasteiger partial charge in [0.15, 0.2) is 0 Å². The van der Waals surface area contributed by atoms with Gasteiger partial charge in [-0.2, -0.15) is 0 Å². The molecule has 0 atom stereocenters. The number of rotatable bonds is 5. The first kappa shape index (κ1) is 21.8. The molecule has 2 heterocycles. The average molecular weight is 444 g/mol. The largest absolute Gasteiger partial charge is 0.478 e. The van der Waals surface area contributed by atoms with Crippen molar-refractivity contribution in [3.8, 4) is 11.3 Å². The fourth-order valence-corrected chi connectivity index (χ4v) is 3.64. The number of carboxylic acid groups (broad SMARTS) is 1. The number of aryl methyl sites for hydroxylation is 2. The zero-order chi connectivity index (χ0) is 23.7. The van der Waals surface area contributed by atoms with Crippen LogP contribution in [0.3, 0.4) is 0 Å². The fourth-order valence-electron chi connectivity index (χ4n) is 3.64. The van der Waals surface area contributed by atoms with Crippen molar-refractivity contribution < 1.29 is 28.7 Å². The van der Waals surface area contributed by atoms with Crippen LogP contribution in [0.2, 0.25) is 0 Å². The zero-order valence-electron chi connectivity index (χ0n) is 17.9. The molecule has 0 saturated carbocycles. The Morgan fingerprint density at radius 1 is 1.09 bits per heavy atom. The van der Waals surface area contributed by atoms with E-state index in [9.17, 15) is 24.3 Å². The number of anilines is 1. The summed E-state index contributed by atoms with van der Waals surface area (Å²) in [6, 6.07) is 14.2.